The summed E-state index contributed by atoms with van der Waals surface area (Å²) in [7, 11) is 3.40. The lowest BCUT2D eigenvalue weighted by molar-refractivity contribution is -0.134. The van der Waals surface area contributed by atoms with Gasteiger partial charge in [-0.05, 0) is 99.4 Å². The van der Waals surface area contributed by atoms with E-state index in [4.69, 9.17) is 19.7 Å². The first-order chi connectivity index (χ1) is 35.8. The number of carboxylic acids is 2. The van der Waals surface area contributed by atoms with Crippen LogP contribution in [0.15, 0.2) is 141 Å². The van der Waals surface area contributed by atoms with Gasteiger partial charge >= 0.3 is 23.3 Å². The van der Waals surface area contributed by atoms with E-state index in [1.807, 2.05) is 60.7 Å². The van der Waals surface area contributed by atoms with Gasteiger partial charge in [0.05, 0.1) is 38.7 Å². The second kappa shape index (κ2) is 27.6. The Kier molecular flexibility index (Phi) is 20.6. The van der Waals surface area contributed by atoms with Gasteiger partial charge < -0.3 is 29.5 Å². The summed E-state index contributed by atoms with van der Waals surface area (Å²) in [6.07, 6.45) is 12.7. The number of piperazine rings is 2. The molecule has 20 nitrogen and oxygen atoms in total. The van der Waals surface area contributed by atoms with Crippen LogP contribution < -0.4 is 41.8 Å². The number of aromatic nitrogens is 6. The van der Waals surface area contributed by atoms with Crippen molar-refractivity contribution in [1.29, 1.82) is 0 Å². The number of rotatable bonds is 18. The molecule has 0 atom stereocenters. The predicted octanol–water partition coefficient (Wildman–Crippen LogP) is 3.68. The zero-order chi connectivity index (χ0) is 53.0. The third-order valence-corrected chi connectivity index (χ3v) is 12.7. The molecular weight excluding hydrogens is 949 g/mol. The average molecular weight is 1020 g/mol. The lowest BCUT2D eigenvalue weighted by Crippen LogP contribution is -2.47. The van der Waals surface area contributed by atoms with Gasteiger partial charge in [0.1, 0.15) is 11.5 Å². The van der Waals surface area contributed by atoms with E-state index in [9.17, 15) is 28.8 Å². The van der Waals surface area contributed by atoms with Gasteiger partial charge in [-0.3, -0.25) is 47.6 Å². The fraction of sp³-hybridized carbons (Fsp3) is 0.370. The van der Waals surface area contributed by atoms with Crippen LogP contribution in [0.1, 0.15) is 35.1 Å². The molecule has 6 heterocycles. The molecule has 0 unspecified atom stereocenters. The van der Waals surface area contributed by atoms with Crippen molar-refractivity contribution in [2.75, 3.05) is 89.5 Å². The van der Waals surface area contributed by atoms with Gasteiger partial charge in [0.2, 0.25) is 0 Å². The van der Waals surface area contributed by atoms with Crippen molar-refractivity contribution in [3.63, 3.8) is 0 Å². The van der Waals surface area contributed by atoms with Crippen molar-refractivity contribution in [3.05, 3.63) is 186 Å². The number of para-hydroxylation sites is 4. The van der Waals surface area contributed by atoms with Gasteiger partial charge in [-0.1, -0.05) is 24.3 Å². The van der Waals surface area contributed by atoms with E-state index in [-0.39, 0.29) is 22.5 Å². The number of pyridine rings is 2. The number of methoxy groups -OCH3 is 2. The second-order valence-electron chi connectivity index (χ2n) is 17.8. The molecular formula is C54H66N10O10. The van der Waals surface area contributed by atoms with E-state index < -0.39 is 11.9 Å². The highest BCUT2D eigenvalue weighted by Gasteiger charge is 2.21. The van der Waals surface area contributed by atoms with Gasteiger partial charge in [0.15, 0.2) is 0 Å². The summed E-state index contributed by atoms with van der Waals surface area (Å²) in [6.45, 7) is 14.3. The first-order valence-corrected chi connectivity index (χ1v) is 24.5. The Labute approximate surface area is 429 Å². The zero-order valence-corrected chi connectivity index (χ0v) is 42.5. The molecule has 2 aliphatic heterocycles. The summed E-state index contributed by atoms with van der Waals surface area (Å²) in [5.41, 5.74) is 4.43. The molecule has 0 saturated carbocycles. The lowest BCUT2D eigenvalue weighted by atomic mass is 10.2. The van der Waals surface area contributed by atoms with Crippen LogP contribution in [-0.2, 0) is 35.8 Å². The minimum Gasteiger partial charge on any atom is -0.495 e. The Bertz CT molecular complexity index is 2840. The van der Waals surface area contributed by atoms with Gasteiger partial charge in [-0.15, -0.1) is 0 Å². The Morgan fingerprint density at radius 1 is 0.527 bits per heavy atom. The number of hydrogen-bond acceptors (Lipinski definition) is 14. The van der Waals surface area contributed by atoms with Crippen LogP contribution >= 0.6 is 0 Å². The van der Waals surface area contributed by atoms with Crippen molar-refractivity contribution >= 4 is 23.3 Å². The summed E-state index contributed by atoms with van der Waals surface area (Å²) in [5.74, 6) is -0.722. The van der Waals surface area contributed by atoms with E-state index >= 15 is 0 Å². The molecule has 0 spiro atoms. The van der Waals surface area contributed by atoms with Crippen molar-refractivity contribution in [2.45, 2.75) is 52.9 Å². The van der Waals surface area contributed by atoms with Gasteiger partial charge in [0.25, 0.3) is 11.1 Å². The Hall–Kier alpha value is -8.10. The van der Waals surface area contributed by atoms with Crippen LogP contribution in [0.25, 0.3) is 0 Å². The Balaban J connectivity index is 0.000000210. The third kappa shape index (κ3) is 15.7. The SMILES string of the molecule is COc1ccccc1N1CCN(CCCn2c(=O)c(C)cn(Cc3ccncc3)c2=O)CC1.COc1ccccc1N1CCN(CCCn2c(=O)c(C)cn(Cc3ccncc3)c2=O)CC1.O=C(O)C=CC(=O)O. The van der Waals surface area contributed by atoms with Crippen molar-refractivity contribution < 1.29 is 29.3 Å². The van der Waals surface area contributed by atoms with Crippen LogP contribution in [0.4, 0.5) is 11.4 Å². The van der Waals surface area contributed by atoms with Gasteiger partial charge in [0, 0.05) is 126 Å². The number of carboxylic acid groups (broad SMARTS) is 2. The average Bonchev–Trinajstić information content (AvgIpc) is 3.42. The molecule has 0 radical (unpaired) electrons. The van der Waals surface area contributed by atoms with Gasteiger partial charge in [-0.25, -0.2) is 19.2 Å². The summed E-state index contributed by atoms with van der Waals surface area (Å²) in [4.78, 5) is 87.8. The van der Waals surface area contributed by atoms with Crippen LogP contribution in [-0.4, -0.2) is 140 Å². The number of carbonyl (C=O) groups is 2. The first kappa shape index (κ1) is 55.2. The highest BCUT2D eigenvalue weighted by Crippen LogP contribution is 2.29. The number of aliphatic carboxylic acids is 2. The maximum Gasteiger partial charge on any atom is 0.331 e. The highest BCUT2D eigenvalue weighted by atomic mass is 16.5. The number of hydrogen-bond donors (Lipinski definition) is 2. The summed E-state index contributed by atoms with van der Waals surface area (Å²) >= 11 is 0. The quantitative estimate of drug-likeness (QED) is 0.117. The second-order valence-corrected chi connectivity index (χ2v) is 17.8. The standard InChI is InChI=1S/2C25H31N5O3.C4H4O4/c2*1-20-18-29(19-21-8-10-26-11-9-21)25(32)30(24(20)31)13-5-12-27-14-16-28(17-15-27)22-6-3-4-7-23(22)33-2;5-3(6)1-2-4(7)8/h2*3-4,6-11,18H,5,12-17,19H2,1-2H3;1-2H,(H,5,6)(H,7,8). The molecule has 74 heavy (non-hydrogen) atoms. The molecule has 6 aromatic rings. The van der Waals surface area contributed by atoms with Gasteiger partial charge in [-0.2, -0.15) is 0 Å². The largest absolute Gasteiger partial charge is 0.495 e. The van der Waals surface area contributed by atoms with E-state index in [1.165, 1.54) is 9.13 Å². The third-order valence-electron chi connectivity index (χ3n) is 12.7. The van der Waals surface area contributed by atoms with Crippen molar-refractivity contribution in [1.82, 2.24) is 38.0 Å². The van der Waals surface area contributed by atoms with Crippen molar-refractivity contribution in [2.24, 2.45) is 0 Å². The molecule has 2 aromatic carbocycles. The smallest absolute Gasteiger partial charge is 0.331 e. The molecule has 0 amide bonds. The molecule has 4 aromatic heterocycles. The molecule has 2 saturated heterocycles. The topological polar surface area (TPSA) is 220 Å². The summed E-state index contributed by atoms with van der Waals surface area (Å²) < 4.78 is 17.0. The van der Waals surface area contributed by atoms with Crippen molar-refractivity contribution in [3.8, 4) is 11.5 Å². The molecule has 2 aliphatic rings. The fourth-order valence-electron chi connectivity index (χ4n) is 8.84. The Morgan fingerprint density at radius 3 is 1.22 bits per heavy atom. The van der Waals surface area contributed by atoms with E-state index in [0.29, 0.717) is 49.5 Å². The molecule has 2 N–H and O–H groups in total. The summed E-state index contributed by atoms with van der Waals surface area (Å²) in [6, 6.07) is 23.7. The van der Waals surface area contributed by atoms with E-state index in [2.05, 4.69) is 41.7 Å². The normalized spacial score (nSPS) is 13.9. The maximum absolute atomic E-state index is 13.0. The highest BCUT2D eigenvalue weighted by molar-refractivity contribution is 5.89. The van der Waals surface area contributed by atoms with E-state index in [1.54, 1.807) is 74.4 Å². The molecule has 392 valence electrons. The zero-order valence-electron chi connectivity index (χ0n) is 42.5. The van der Waals surface area contributed by atoms with Crippen LogP contribution in [0.5, 0.6) is 11.5 Å². The predicted molar refractivity (Wildman–Crippen MR) is 283 cm³/mol. The minimum atomic E-state index is -1.26. The molecule has 8 rings (SSSR count). The van der Waals surface area contributed by atoms with Crippen LogP contribution in [0.3, 0.4) is 0 Å². The van der Waals surface area contributed by atoms with Crippen LogP contribution in [0, 0.1) is 13.8 Å². The number of aryl methyl sites for hydroxylation is 2. The monoisotopic (exact) mass is 1010 g/mol. The first-order valence-electron chi connectivity index (χ1n) is 24.5. The lowest BCUT2D eigenvalue weighted by Gasteiger charge is -2.36. The fourth-order valence-corrected chi connectivity index (χ4v) is 8.84. The molecule has 0 aliphatic carbocycles. The number of benzene rings is 2. The molecule has 20 heteroatoms. The number of ether oxygens (including phenoxy) is 2. The number of anilines is 2. The summed E-state index contributed by atoms with van der Waals surface area (Å²) in [5, 5.41) is 15.6. The van der Waals surface area contributed by atoms with E-state index in [0.717, 1.165) is 112 Å². The van der Waals surface area contributed by atoms with Crippen LogP contribution in [0.2, 0.25) is 0 Å². The molecule has 2 fully saturated rings. The Morgan fingerprint density at radius 2 is 0.878 bits per heavy atom. The number of nitrogens with zero attached hydrogens (tertiary/aromatic N) is 10. The molecule has 0 bridgehead atoms. The maximum atomic E-state index is 13.0. The minimum absolute atomic E-state index is 0.202.